The Kier molecular flexibility index (Phi) is 4.86. The van der Waals surface area contributed by atoms with Gasteiger partial charge in [-0.15, -0.1) is 11.3 Å². The molecular formula is C19H25N3O2S2. The molecule has 5 unspecified atom stereocenters. The molecule has 0 aliphatic heterocycles. The lowest BCUT2D eigenvalue weighted by Crippen LogP contribution is -2.43. The summed E-state index contributed by atoms with van der Waals surface area (Å²) in [6, 6.07) is 2.07. The van der Waals surface area contributed by atoms with Crippen molar-refractivity contribution in [2.45, 2.75) is 56.0 Å². The number of hydrogen-bond acceptors (Lipinski definition) is 5. The highest BCUT2D eigenvalue weighted by molar-refractivity contribution is 8.00. The molecule has 2 saturated carbocycles. The zero-order valence-corrected chi connectivity index (χ0v) is 17.0. The Hall–Kier alpha value is -1.34. The summed E-state index contributed by atoms with van der Waals surface area (Å²) in [6.45, 7) is 4.03. The maximum Gasteiger partial charge on any atom is 0.271 e. The average Bonchev–Trinajstić information content (AvgIpc) is 3.35. The fourth-order valence-electron chi connectivity index (χ4n) is 4.64. The Labute approximate surface area is 161 Å². The number of hydrogen-bond donors (Lipinski definition) is 1. The zero-order valence-electron chi connectivity index (χ0n) is 15.4. The fraction of sp³-hybridized carbons (Fsp3) is 0.632. The van der Waals surface area contributed by atoms with Crippen LogP contribution in [-0.4, -0.2) is 26.8 Å². The van der Waals surface area contributed by atoms with E-state index in [2.05, 4.69) is 17.2 Å². The van der Waals surface area contributed by atoms with Crippen molar-refractivity contribution in [2.24, 2.45) is 24.8 Å². The van der Waals surface area contributed by atoms with Crippen molar-refractivity contribution in [1.29, 1.82) is 0 Å². The van der Waals surface area contributed by atoms with E-state index in [1.165, 1.54) is 48.8 Å². The lowest BCUT2D eigenvalue weighted by Gasteiger charge is -2.29. The number of thioether (sulfide) groups is 1. The number of rotatable bonds is 5. The molecule has 5 atom stereocenters. The molecule has 26 heavy (non-hydrogen) atoms. The predicted octanol–water partition coefficient (Wildman–Crippen LogP) is 3.42. The molecule has 4 rings (SSSR count). The molecular weight excluding hydrogens is 366 g/mol. The van der Waals surface area contributed by atoms with Gasteiger partial charge in [0.25, 0.3) is 5.56 Å². The van der Waals surface area contributed by atoms with Crippen molar-refractivity contribution in [2.75, 3.05) is 0 Å². The molecule has 140 valence electrons. The first-order valence-electron chi connectivity index (χ1n) is 9.35. The van der Waals surface area contributed by atoms with Crippen LogP contribution in [0.1, 0.15) is 39.5 Å². The highest BCUT2D eigenvalue weighted by Gasteiger charge is 2.42. The standard InChI is InChI=1S/C19H25N3O2S2/c1-10(14-9-12-4-5-13(14)8-12)20-17(23)11(2)26-19-21-15-6-7-25-16(15)18(24)22(19)3/h6-7,10-14H,4-5,8-9H2,1-3H3,(H,20,23). The van der Waals surface area contributed by atoms with Crippen molar-refractivity contribution in [3.63, 3.8) is 0 Å². The molecule has 0 radical (unpaired) electrons. The number of thiophene rings is 1. The summed E-state index contributed by atoms with van der Waals surface area (Å²) in [6.07, 6.45) is 5.31. The summed E-state index contributed by atoms with van der Waals surface area (Å²) < 4.78 is 2.21. The van der Waals surface area contributed by atoms with E-state index < -0.39 is 0 Å². The van der Waals surface area contributed by atoms with Crippen LogP contribution in [0, 0.1) is 17.8 Å². The van der Waals surface area contributed by atoms with Gasteiger partial charge < -0.3 is 5.32 Å². The van der Waals surface area contributed by atoms with Gasteiger partial charge in [-0.25, -0.2) is 4.98 Å². The summed E-state index contributed by atoms with van der Waals surface area (Å²) in [5.74, 6) is 2.33. The van der Waals surface area contributed by atoms with Crippen molar-refractivity contribution in [3.05, 3.63) is 21.8 Å². The minimum atomic E-state index is -0.287. The van der Waals surface area contributed by atoms with Crippen LogP contribution < -0.4 is 10.9 Å². The maximum atomic E-state index is 12.7. The lowest BCUT2D eigenvalue weighted by atomic mass is 9.84. The molecule has 0 spiro atoms. The molecule has 0 aromatic carbocycles. The Morgan fingerprint density at radius 2 is 2.19 bits per heavy atom. The Morgan fingerprint density at radius 3 is 2.88 bits per heavy atom. The molecule has 2 fully saturated rings. The van der Waals surface area contributed by atoms with Crippen LogP contribution in [0.25, 0.3) is 10.2 Å². The van der Waals surface area contributed by atoms with Crippen LogP contribution in [-0.2, 0) is 11.8 Å². The normalized spacial score (nSPS) is 27.0. The molecule has 0 saturated heterocycles. The number of aromatic nitrogens is 2. The van der Waals surface area contributed by atoms with Crippen LogP contribution in [0.4, 0.5) is 0 Å². The molecule has 2 aliphatic rings. The summed E-state index contributed by atoms with van der Waals surface area (Å²) in [5.41, 5.74) is 0.666. The molecule has 2 aromatic heterocycles. The van der Waals surface area contributed by atoms with E-state index in [-0.39, 0.29) is 22.8 Å². The average molecular weight is 392 g/mol. The van der Waals surface area contributed by atoms with Crippen LogP contribution in [0.15, 0.2) is 21.4 Å². The first-order chi connectivity index (χ1) is 12.4. The van der Waals surface area contributed by atoms with Crippen LogP contribution in [0.5, 0.6) is 0 Å². The Bertz CT molecular complexity index is 891. The van der Waals surface area contributed by atoms with Gasteiger partial charge in [0, 0.05) is 13.1 Å². The number of amides is 1. The van der Waals surface area contributed by atoms with Crippen molar-refractivity contribution in [3.8, 4) is 0 Å². The highest BCUT2D eigenvalue weighted by Crippen LogP contribution is 2.49. The quantitative estimate of drug-likeness (QED) is 0.627. The summed E-state index contributed by atoms with van der Waals surface area (Å²) >= 11 is 2.76. The molecule has 2 bridgehead atoms. The van der Waals surface area contributed by atoms with Crippen molar-refractivity contribution < 1.29 is 4.79 Å². The van der Waals surface area contributed by atoms with E-state index in [0.29, 0.717) is 21.3 Å². The molecule has 1 amide bonds. The third-order valence-electron chi connectivity index (χ3n) is 6.10. The number of nitrogens with zero attached hydrogens (tertiary/aromatic N) is 2. The van der Waals surface area contributed by atoms with Gasteiger partial charge in [0.05, 0.1) is 10.8 Å². The number of carbonyl (C=O) groups is 1. The first-order valence-corrected chi connectivity index (χ1v) is 11.1. The summed E-state index contributed by atoms with van der Waals surface area (Å²) in [5, 5.41) is 5.40. The van der Waals surface area contributed by atoms with Gasteiger partial charge in [-0.1, -0.05) is 18.2 Å². The summed E-state index contributed by atoms with van der Waals surface area (Å²) in [4.78, 5) is 29.7. The van der Waals surface area contributed by atoms with Gasteiger partial charge >= 0.3 is 0 Å². The third kappa shape index (κ3) is 3.20. The van der Waals surface area contributed by atoms with E-state index in [1.54, 1.807) is 11.6 Å². The van der Waals surface area contributed by atoms with E-state index in [1.807, 2.05) is 18.4 Å². The second-order valence-electron chi connectivity index (χ2n) is 7.79. The van der Waals surface area contributed by atoms with Gasteiger partial charge in [-0.05, 0) is 62.3 Å². The zero-order chi connectivity index (χ0) is 18.4. The SMILES string of the molecule is CC(Sc1nc2ccsc2c(=O)n1C)C(=O)NC(C)C1CC2CCC1C2. The topological polar surface area (TPSA) is 64.0 Å². The molecule has 1 N–H and O–H groups in total. The largest absolute Gasteiger partial charge is 0.352 e. The van der Waals surface area contributed by atoms with Gasteiger partial charge in [0.2, 0.25) is 5.91 Å². The summed E-state index contributed by atoms with van der Waals surface area (Å²) in [7, 11) is 1.72. The second kappa shape index (κ2) is 7.00. The van der Waals surface area contributed by atoms with Crippen LogP contribution >= 0.6 is 23.1 Å². The minimum absolute atomic E-state index is 0.0324. The van der Waals surface area contributed by atoms with E-state index >= 15 is 0 Å². The Balaban J connectivity index is 1.43. The minimum Gasteiger partial charge on any atom is -0.352 e. The highest BCUT2D eigenvalue weighted by atomic mass is 32.2. The monoisotopic (exact) mass is 391 g/mol. The van der Waals surface area contributed by atoms with Crippen molar-refractivity contribution >= 4 is 39.2 Å². The van der Waals surface area contributed by atoms with E-state index in [0.717, 1.165) is 11.8 Å². The van der Waals surface area contributed by atoms with Crippen molar-refractivity contribution in [1.82, 2.24) is 14.9 Å². The fourth-order valence-corrected chi connectivity index (χ4v) is 6.33. The molecule has 2 aliphatic carbocycles. The van der Waals surface area contributed by atoms with Gasteiger partial charge in [0.15, 0.2) is 5.16 Å². The maximum absolute atomic E-state index is 12.7. The third-order valence-corrected chi connectivity index (χ3v) is 8.14. The van der Waals surface area contributed by atoms with Crippen LogP contribution in [0.2, 0.25) is 0 Å². The number of carbonyl (C=O) groups excluding carboxylic acids is 1. The second-order valence-corrected chi connectivity index (χ2v) is 10.0. The van der Waals surface area contributed by atoms with Gasteiger partial charge in [-0.2, -0.15) is 0 Å². The van der Waals surface area contributed by atoms with E-state index in [4.69, 9.17) is 0 Å². The Morgan fingerprint density at radius 1 is 1.38 bits per heavy atom. The molecule has 7 heteroatoms. The van der Waals surface area contributed by atoms with Crippen LogP contribution in [0.3, 0.4) is 0 Å². The number of nitrogens with one attached hydrogen (secondary N) is 1. The molecule has 2 aromatic rings. The smallest absolute Gasteiger partial charge is 0.271 e. The number of fused-ring (bicyclic) bond motifs is 3. The van der Waals surface area contributed by atoms with E-state index in [9.17, 15) is 9.59 Å². The molecule has 2 heterocycles. The lowest BCUT2D eigenvalue weighted by molar-refractivity contribution is -0.121. The first kappa shape index (κ1) is 18.0. The van der Waals surface area contributed by atoms with Gasteiger partial charge in [0.1, 0.15) is 4.70 Å². The predicted molar refractivity (Wildman–Crippen MR) is 107 cm³/mol. The molecule has 5 nitrogen and oxygen atoms in total. The van der Waals surface area contributed by atoms with Gasteiger partial charge in [-0.3, -0.25) is 14.2 Å².